The quantitative estimate of drug-likeness (QED) is 0.625. The first-order valence-electron chi connectivity index (χ1n) is 9.53. The van der Waals surface area contributed by atoms with Gasteiger partial charge in [0.1, 0.15) is 0 Å². The van der Waals surface area contributed by atoms with E-state index in [1.165, 1.54) is 11.3 Å². The number of rotatable bonds is 7. The third-order valence-electron chi connectivity index (χ3n) is 4.64. The minimum atomic E-state index is 0.00240. The maximum absolute atomic E-state index is 12.5. The highest BCUT2D eigenvalue weighted by atomic mass is 32.1. The van der Waals surface area contributed by atoms with Crippen molar-refractivity contribution in [3.8, 4) is 11.3 Å². The third kappa shape index (κ3) is 4.77. The minimum absolute atomic E-state index is 0.00240. The van der Waals surface area contributed by atoms with E-state index < -0.39 is 0 Å². The predicted molar refractivity (Wildman–Crippen MR) is 113 cm³/mol. The molecule has 1 atom stereocenters. The molecule has 2 N–H and O–H groups in total. The average molecular weight is 394 g/mol. The first kappa shape index (κ1) is 18.7. The Morgan fingerprint density at radius 2 is 1.86 bits per heavy atom. The fraction of sp³-hybridized carbons (Fsp3) is 0.273. The molecular weight excluding hydrogens is 370 g/mol. The van der Waals surface area contributed by atoms with Gasteiger partial charge in [-0.15, -0.1) is 11.3 Å². The van der Waals surface area contributed by atoms with Crippen LogP contribution in [0.2, 0.25) is 0 Å². The maximum Gasteiger partial charge on any atom is 0.225 e. The van der Waals surface area contributed by atoms with Crippen LogP contribution in [-0.2, 0) is 16.0 Å². The summed E-state index contributed by atoms with van der Waals surface area (Å²) in [5.74, 6) is 0.00240. The maximum atomic E-state index is 12.5. The van der Waals surface area contributed by atoms with E-state index in [2.05, 4.69) is 10.6 Å². The number of anilines is 2. The number of aromatic nitrogens is 1. The van der Waals surface area contributed by atoms with Gasteiger partial charge < -0.3 is 15.4 Å². The fourth-order valence-corrected chi connectivity index (χ4v) is 4.24. The number of carbonyl (C=O) groups excluding carboxylic acids is 1. The number of amides is 1. The van der Waals surface area contributed by atoms with Crippen molar-refractivity contribution in [3.05, 3.63) is 65.5 Å². The SMILES string of the molecule is O=C(Cc1sc(Nc2ccccc2)nc1-c1ccccc1)NC[C@H]1CCCO1. The summed E-state index contributed by atoms with van der Waals surface area (Å²) in [5.41, 5.74) is 2.85. The first-order chi connectivity index (χ1) is 13.8. The number of hydrogen-bond acceptors (Lipinski definition) is 5. The van der Waals surface area contributed by atoms with Crippen molar-refractivity contribution in [1.29, 1.82) is 0 Å². The molecule has 0 bridgehead atoms. The zero-order valence-electron chi connectivity index (χ0n) is 15.6. The van der Waals surface area contributed by atoms with Crippen LogP contribution in [0, 0.1) is 0 Å². The summed E-state index contributed by atoms with van der Waals surface area (Å²) in [4.78, 5) is 18.2. The second-order valence-electron chi connectivity index (χ2n) is 6.76. The van der Waals surface area contributed by atoms with Gasteiger partial charge in [-0.3, -0.25) is 4.79 Å². The van der Waals surface area contributed by atoms with Gasteiger partial charge in [0.15, 0.2) is 5.13 Å². The molecule has 0 aliphatic carbocycles. The van der Waals surface area contributed by atoms with Gasteiger partial charge in [-0.05, 0) is 25.0 Å². The Morgan fingerprint density at radius 3 is 2.57 bits per heavy atom. The van der Waals surface area contributed by atoms with Gasteiger partial charge in [0.25, 0.3) is 0 Å². The number of nitrogens with zero attached hydrogens (tertiary/aromatic N) is 1. The van der Waals surface area contributed by atoms with Gasteiger partial charge in [-0.2, -0.15) is 0 Å². The van der Waals surface area contributed by atoms with Crippen LogP contribution >= 0.6 is 11.3 Å². The topological polar surface area (TPSA) is 63.2 Å². The normalized spacial score (nSPS) is 16.1. The van der Waals surface area contributed by atoms with Crippen LogP contribution in [0.3, 0.4) is 0 Å². The Bertz CT molecular complexity index is 906. The molecule has 2 aromatic carbocycles. The number of ether oxygens (including phenoxy) is 1. The molecule has 1 amide bonds. The second kappa shape index (κ2) is 8.99. The molecule has 0 radical (unpaired) electrons. The van der Waals surface area contributed by atoms with Crippen molar-refractivity contribution in [2.45, 2.75) is 25.4 Å². The zero-order chi connectivity index (χ0) is 19.2. The lowest BCUT2D eigenvalue weighted by Crippen LogP contribution is -2.32. The molecule has 28 heavy (non-hydrogen) atoms. The Balaban J connectivity index is 1.51. The van der Waals surface area contributed by atoms with E-state index in [1.807, 2.05) is 60.7 Å². The van der Waals surface area contributed by atoms with Crippen LogP contribution in [0.5, 0.6) is 0 Å². The molecule has 0 spiro atoms. The molecule has 4 rings (SSSR count). The van der Waals surface area contributed by atoms with Gasteiger partial charge in [0.2, 0.25) is 5.91 Å². The van der Waals surface area contributed by atoms with Crippen LogP contribution < -0.4 is 10.6 Å². The Morgan fingerprint density at radius 1 is 1.11 bits per heavy atom. The van der Waals surface area contributed by atoms with E-state index in [0.29, 0.717) is 13.0 Å². The van der Waals surface area contributed by atoms with Crippen molar-refractivity contribution in [3.63, 3.8) is 0 Å². The molecule has 1 fully saturated rings. The largest absolute Gasteiger partial charge is 0.376 e. The highest BCUT2D eigenvalue weighted by Gasteiger charge is 2.19. The molecule has 1 saturated heterocycles. The minimum Gasteiger partial charge on any atom is -0.376 e. The summed E-state index contributed by atoms with van der Waals surface area (Å²) < 4.78 is 5.58. The van der Waals surface area contributed by atoms with Gasteiger partial charge in [-0.1, -0.05) is 48.5 Å². The predicted octanol–water partition coefficient (Wildman–Crippen LogP) is 4.39. The smallest absolute Gasteiger partial charge is 0.225 e. The first-order valence-corrected chi connectivity index (χ1v) is 10.3. The molecule has 144 valence electrons. The van der Waals surface area contributed by atoms with Gasteiger partial charge in [-0.25, -0.2) is 4.98 Å². The standard InChI is InChI=1S/C22H23N3O2S/c26-20(23-15-18-12-7-13-27-18)14-19-21(16-8-3-1-4-9-16)25-22(28-19)24-17-10-5-2-6-11-17/h1-6,8-11,18H,7,12-15H2,(H,23,26)(H,24,25)/t18-/m1/s1. The zero-order valence-corrected chi connectivity index (χ0v) is 16.4. The van der Waals surface area contributed by atoms with Crippen molar-refractivity contribution in [2.24, 2.45) is 0 Å². The third-order valence-corrected chi connectivity index (χ3v) is 5.61. The lowest BCUT2D eigenvalue weighted by Gasteiger charge is -2.10. The van der Waals surface area contributed by atoms with Crippen LogP contribution in [0.15, 0.2) is 60.7 Å². The number of carbonyl (C=O) groups is 1. The van der Waals surface area contributed by atoms with E-state index in [9.17, 15) is 4.79 Å². The van der Waals surface area contributed by atoms with Crippen molar-refractivity contribution < 1.29 is 9.53 Å². The van der Waals surface area contributed by atoms with Crippen molar-refractivity contribution in [2.75, 3.05) is 18.5 Å². The van der Waals surface area contributed by atoms with Crippen molar-refractivity contribution in [1.82, 2.24) is 10.3 Å². The second-order valence-corrected chi connectivity index (χ2v) is 7.85. The van der Waals surface area contributed by atoms with Crippen LogP contribution in [0.4, 0.5) is 10.8 Å². The fourth-order valence-electron chi connectivity index (χ4n) is 3.23. The molecule has 2 heterocycles. The van der Waals surface area contributed by atoms with E-state index >= 15 is 0 Å². The Labute approximate surface area is 168 Å². The molecule has 0 unspecified atom stereocenters. The number of hydrogen-bond donors (Lipinski definition) is 2. The monoisotopic (exact) mass is 393 g/mol. The summed E-state index contributed by atoms with van der Waals surface area (Å²) in [6, 6.07) is 19.9. The number of nitrogens with one attached hydrogen (secondary N) is 2. The molecule has 5 nitrogen and oxygen atoms in total. The Hall–Kier alpha value is -2.70. The van der Waals surface area contributed by atoms with Gasteiger partial charge in [0.05, 0.1) is 18.2 Å². The molecule has 0 saturated carbocycles. The molecule has 3 aromatic rings. The van der Waals surface area contributed by atoms with Gasteiger partial charge >= 0.3 is 0 Å². The highest BCUT2D eigenvalue weighted by Crippen LogP contribution is 2.33. The van der Waals surface area contributed by atoms with E-state index in [4.69, 9.17) is 9.72 Å². The number of para-hydroxylation sites is 1. The van der Waals surface area contributed by atoms with E-state index in [1.54, 1.807) is 0 Å². The molecule has 1 aliphatic rings. The number of benzene rings is 2. The summed E-state index contributed by atoms with van der Waals surface area (Å²) in [6.07, 6.45) is 2.54. The summed E-state index contributed by atoms with van der Waals surface area (Å²) >= 11 is 1.52. The van der Waals surface area contributed by atoms with Crippen LogP contribution in [-0.4, -0.2) is 30.1 Å². The molecule has 1 aromatic heterocycles. The summed E-state index contributed by atoms with van der Waals surface area (Å²) in [7, 11) is 0. The lowest BCUT2D eigenvalue weighted by atomic mass is 10.1. The molecule has 1 aliphatic heterocycles. The summed E-state index contributed by atoms with van der Waals surface area (Å²) in [5, 5.41) is 7.13. The van der Waals surface area contributed by atoms with E-state index in [0.717, 1.165) is 46.4 Å². The lowest BCUT2D eigenvalue weighted by molar-refractivity contribution is -0.120. The Kier molecular flexibility index (Phi) is 5.99. The van der Waals surface area contributed by atoms with Gasteiger partial charge in [0, 0.05) is 29.3 Å². The molecule has 6 heteroatoms. The van der Waals surface area contributed by atoms with E-state index in [-0.39, 0.29) is 12.0 Å². The highest BCUT2D eigenvalue weighted by molar-refractivity contribution is 7.16. The average Bonchev–Trinajstić information content (AvgIpc) is 3.38. The molecular formula is C22H23N3O2S. The van der Waals surface area contributed by atoms with Crippen molar-refractivity contribution >= 4 is 28.1 Å². The van der Waals surface area contributed by atoms with Crippen LogP contribution in [0.1, 0.15) is 17.7 Å². The van der Waals surface area contributed by atoms with Crippen LogP contribution in [0.25, 0.3) is 11.3 Å². The number of thiazole rings is 1. The summed E-state index contributed by atoms with van der Waals surface area (Å²) in [6.45, 7) is 1.37.